The molecule has 0 heterocycles. The van der Waals surface area contributed by atoms with Crippen molar-refractivity contribution in [2.45, 2.75) is 57.7 Å². The number of aliphatic hydroxyl groups excluding tert-OH is 2. The molecular weight excluding hydrogens is 276 g/mol. The number of hydrogen-bond acceptors (Lipinski definition) is 3. The van der Waals surface area contributed by atoms with Crippen LogP contribution in [-0.2, 0) is 6.42 Å². The molecule has 120 valence electrons. The van der Waals surface area contributed by atoms with Gasteiger partial charge in [-0.3, -0.25) is 0 Å². The highest BCUT2D eigenvalue weighted by molar-refractivity contribution is 5.40. The Morgan fingerprint density at radius 1 is 1.18 bits per heavy atom. The van der Waals surface area contributed by atoms with E-state index in [9.17, 15) is 15.3 Å². The third-order valence-corrected chi connectivity index (χ3v) is 7.11. The van der Waals surface area contributed by atoms with Gasteiger partial charge in [0.25, 0.3) is 0 Å². The second-order valence-electron chi connectivity index (χ2n) is 8.06. The van der Waals surface area contributed by atoms with Crippen LogP contribution in [0.15, 0.2) is 18.2 Å². The minimum atomic E-state index is -0.588. The molecular formula is C19H26O3. The summed E-state index contributed by atoms with van der Waals surface area (Å²) in [4.78, 5) is 0. The molecule has 4 rings (SSSR count). The van der Waals surface area contributed by atoms with Crippen LogP contribution in [0, 0.1) is 23.2 Å². The molecule has 0 saturated heterocycles. The molecule has 1 aromatic rings. The smallest absolute Gasteiger partial charge is 0.115 e. The Labute approximate surface area is 132 Å². The first-order valence-corrected chi connectivity index (χ1v) is 8.61. The van der Waals surface area contributed by atoms with Crippen molar-refractivity contribution in [3.8, 4) is 5.75 Å². The average molecular weight is 302 g/mol. The summed E-state index contributed by atoms with van der Waals surface area (Å²) in [5, 5.41) is 30.7. The van der Waals surface area contributed by atoms with E-state index in [1.165, 1.54) is 11.1 Å². The molecule has 0 spiro atoms. The van der Waals surface area contributed by atoms with Crippen molar-refractivity contribution in [3.63, 3.8) is 0 Å². The molecule has 22 heavy (non-hydrogen) atoms. The van der Waals surface area contributed by atoms with E-state index in [1.54, 1.807) is 6.07 Å². The maximum absolute atomic E-state index is 10.6. The normalized spacial score (nSPS) is 46.7. The first-order chi connectivity index (χ1) is 10.4. The van der Waals surface area contributed by atoms with Gasteiger partial charge in [0.2, 0.25) is 0 Å². The second-order valence-corrected chi connectivity index (χ2v) is 8.06. The number of aryl methyl sites for hydroxylation is 1. The van der Waals surface area contributed by atoms with Crippen LogP contribution in [0.1, 0.15) is 50.2 Å². The number of aromatic hydroxyl groups is 1. The van der Waals surface area contributed by atoms with Crippen LogP contribution >= 0.6 is 0 Å². The molecule has 0 aromatic heterocycles. The summed E-state index contributed by atoms with van der Waals surface area (Å²) in [7, 11) is 0. The Morgan fingerprint density at radius 3 is 2.73 bits per heavy atom. The Balaban J connectivity index is 1.74. The quantitative estimate of drug-likeness (QED) is 0.690. The zero-order valence-electron chi connectivity index (χ0n) is 13.4. The van der Waals surface area contributed by atoms with E-state index in [-0.39, 0.29) is 11.3 Å². The van der Waals surface area contributed by atoms with Gasteiger partial charge in [0.05, 0.1) is 12.2 Å². The summed E-state index contributed by atoms with van der Waals surface area (Å²) in [5.74, 6) is 1.96. The van der Waals surface area contributed by atoms with Gasteiger partial charge in [0, 0.05) is 0 Å². The highest BCUT2D eigenvalue weighted by atomic mass is 16.3. The lowest BCUT2D eigenvalue weighted by Crippen LogP contribution is -2.45. The van der Waals surface area contributed by atoms with Crippen molar-refractivity contribution >= 4 is 0 Å². The van der Waals surface area contributed by atoms with E-state index < -0.39 is 12.2 Å². The molecule has 7 atom stereocenters. The maximum Gasteiger partial charge on any atom is 0.115 e. The van der Waals surface area contributed by atoms with Gasteiger partial charge >= 0.3 is 0 Å². The highest BCUT2D eigenvalue weighted by Gasteiger charge is 2.60. The molecule has 3 aliphatic carbocycles. The SMILES string of the molecule is C[C@@H]1C2C3CCc4cc(O)ccc4C3CC[C@]2(C)C(O)[C@@H]1O. The summed E-state index contributed by atoms with van der Waals surface area (Å²) < 4.78 is 0. The molecule has 3 aliphatic rings. The minimum Gasteiger partial charge on any atom is -0.508 e. The monoisotopic (exact) mass is 302 g/mol. The van der Waals surface area contributed by atoms with Crippen LogP contribution in [-0.4, -0.2) is 27.5 Å². The largest absolute Gasteiger partial charge is 0.508 e. The standard InChI is InChI=1S/C19H26O3/c1-10-16-15-5-3-11-9-12(20)4-6-13(11)14(15)7-8-19(16,2)18(22)17(10)21/h4,6,9-10,14-18,20-22H,3,5,7-8H2,1-2H3/t10-,14?,15?,16?,17-,18?,19+/m1/s1. The summed E-state index contributed by atoms with van der Waals surface area (Å²) in [6.45, 7) is 4.29. The second kappa shape index (κ2) is 4.72. The molecule has 2 fully saturated rings. The van der Waals surface area contributed by atoms with Crippen LogP contribution in [0.4, 0.5) is 0 Å². The van der Waals surface area contributed by atoms with Crippen LogP contribution in [0.5, 0.6) is 5.75 Å². The number of aliphatic hydroxyl groups is 2. The zero-order chi connectivity index (χ0) is 15.6. The number of phenolic OH excluding ortho intramolecular Hbond substituents is 1. The molecule has 1 aromatic carbocycles. The fraction of sp³-hybridized carbons (Fsp3) is 0.684. The average Bonchev–Trinajstić information content (AvgIpc) is 2.68. The summed E-state index contributed by atoms with van der Waals surface area (Å²) >= 11 is 0. The van der Waals surface area contributed by atoms with E-state index in [4.69, 9.17) is 0 Å². The molecule has 0 radical (unpaired) electrons. The fourth-order valence-electron chi connectivity index (χ4n) is 6.07. The first-order valence-electron chi connectivity index (χ1n) is 8.61. The number of rotatable bonds is 0. The number of phenols is 1. The van der Waals surface area contributed by atoms with E-state index in [2.05, 4.69) is 19.9 Å². The highest BCUT2D eigenvalue weighted by Crippen LogP contribution is 2.62. The lowest BCUT2D eigenvalue weighted by atomic mass is 9.54. The van der Waals surface area contributed by atoms with Gasteiger partial charge in [0.1, 0.15) is 5.75 Å². The van der Waals surface area contributed by atoms with Gasteiger partial charge in [-0.1, -0.05) is 19.9 Å². The molecule has 4 unspecified atom stereocenters. The maximum atomic E-state index is 10.6. The molecule has 3 nitrogen and oxygen atoms in total. The fourth-order valence-corrected chi connectivity index (χ4v) is 6.07. The van der Waals surface area contributed by atoms with Gasteiger partial charge in [-0.05, 0) is 78.0 Å². The topological polar surface area (TPSA) is 60.7 Å². The van der Waals surface area contributed by atoms with Crippen molar-refractivity contribution in [1.29, 1.82) is 0 Å². The molecule has 0 bridgehead atoms. The van der Waals surface area contributed by atoms with Gasteiger partial charge in [-0.15, -0.1) is 0 Å². The predicted molar refractivity (Wildman–Crippen MR) is 84.7 cm³/mol. The van der Waals surface area contributed by atoms with Crippen molar-refractivity contribution in [3.05, 3.63) is 29.3 Å². The molecule has 3 N–H and O–H groups in total. The Bertz CT molecular complexity index is 598. The summed E-state index contributed by atoms with van der Waals surface area (Å²) in [6, 6.07) is 5.81. The Morgan fingerprint density at radius 2 is 1.95 bits per heavy atom. The first kappa shape index (κ1) is 14.5. The third kappa shape index (κ3) is 1.75. The predicted octanol–water partition coefficient (Wildman–Crippen LogP) is 2.83. The van der Waals surface area contributed by atoms with E-state index in [0.717, 1.165) is 25.7 Å². The van der Waals surface area contributed by atoms with Crippen molar-refractivity contribution < 1.29 is 15.3 Å². The lowest BCUT2D eigenvalue weighted by Gasteiger charge is -2.50. The van der Waals surface area contributed by atoms with Crippen LogP contribution in [0.25, 0.3) is 0 Å². The van der Waals surface area contributed by atoms with E-state index in [1.807, 2.05) is 6.07 Å². The third-order valence-electron chi connectivity index (χ3n) is 7.11. The van der Waals surface area contributed by atoms with Crippen LogP contribution < -0.4 is 0 Å². The molecule has 3 heteroatoms. The Hall–Kier alpha value is -1.06. The van der Waals surface area contributed by atoms with Gasteiger partial charge in [-0.25, -0.2) is 0 Å². The molecule has 0 aliphatic heterocycles. The van der Waals surface area contributed by atoms with E-state index in [0.29, 0.717) is 23.5 Å². The van der Waals surface area contributed by atoms with E-state index >= 15 is 0 Å². The minimum absolute atomic E-state index is 0.144. The molecule has 2 saturated carbocycles. The number of hydrogen-bond donors (Lipinski definition) is 3. The van der Waals surface area contributed by atoms with Gasteiger partial charge in [0.15, 0.2) is 0 Å². The molecule has 0 amide bonds. The van der Waals surface area contributed by atoms with Crippen LogP contribution in [0.2, 0.25) is 0 Å². The van der Waals surface area contributed by atoms with Crippen molar-refractivity contribution in [2.75, 3.05) is 0 Å². The Kier molecular flexibility index (Phi) is 3.11. The summed E-state index contributed by atoms with van der Waals surface area (Å²) in [6.07, 6.45) is 2.97. The van der Waals surface area contributed by atoms with Gasteiger partial charge in [-0.2, -0.15) is 0 Å². The van der Waals surface area contributed by atoms with Crippen molar-refractivity contribution in [1.82, 2.24) is 0 Å². The van der Waals surface area contributed by atoms with Gasteiger partial charge < -0.3 is 15.3 Å². The van der Waals surface area contributed by atoms with Crippen LogP contribution in [0.3, 0.4) is 0 Å². The number of benzene rings is 1. The zero-order valence-corrected chi connectivity index (χ0v) is 13.4. The lowest BCUT2D eigenvalue weighted by molar-refractivity contribution is -0.0505. The summed E-state index contributed by atoms with van der Waals surface area (Å²) in [5.41, 5.74) is 2.53. The number of fused-ring (bicyclic) bond motifs is 5. The van der Waals surface area contributed by atoms with Crippen molar-refractivity contribution in [2.24, 2.45) is 23.2 Å².